The highest BCUT2D eigenvalue weighted by Gasteiger charge is 2.80. The van der Waals surface area contributed by atoms with Crippen LogP contribution in [0.1, 0.15) is 41.6 Å². The van der Waals surface area contributed by atoms with Gasteiger partial charge in [0.15, 0.2) is 17.2 Å². The molecule has 0 aromatic heterocycles. The highest BCUT2D eigenvalue weighted by atomic mass is 19.4. The van der Waals surface area contributed by atoms with Crippen LogP contribution in [0.5, 0.6) is 5.75 Å². The van der Waals surface area contributed by atoms with Crippen molar-refractivity contribution in [2.45, 2.75) is 43.6 Å². The summed E-state index contributed by atoms with van der Waals surface area (Å²) in [6.45, 7) is 1.27. The number of nitrogens with one attached hydrogen (secondary N) is 1. The molecule has 188 valence electrons. The fourth-order valence-corrected chi connectivity index (χ4v) is 5.21. The molecule has 3 N–H and O–H groups in total. The Balaban J connectivity index is 1.81. The van der Waals surface area contributed by atoms with E-state index in [-0.39, 0.29) is 17.7 Å². The number of halogens is 6. The van der Waals surface area contributed by atoms with Crippen molar-refractivity contribution >= 4 is 17.5 Å². The summed E-state index contributed by atoms with van der Waals surface area (Å²) in [5.74, 6) is -7.87. The third kappa shape index (κ3) is 3.53. The van der Waals surface area contributed by atoms with Crippen LogP contribution in [0.4, 0.5) is 32.0 Å². The zero-order chi connectivity index (χ0) is 25.9. The molecular formula is C23H20F6N2O4. The quantitative estimate of drug-likeness (QED) is 0.592. The Hall–Kier alpha value is -3.28. The average molecular weight is 502 g/mol. The van der Waals surface area contributed by atoms with Crippen LogP contribution in [-0.2, 0) is 9.53 Å². The van der Waals surface area contributed by atoms with Crippen molar-refractivity contribution in [3.8, 4) is 5.75 Å². The molecule has 0 radical (unpaired) electrons. The Morgan fingerprint density at radius 2 is 1.77 bits per heavy atom. The maximum Gasteiger partial charge on any atom is 0.418 e. The first-order chi connectivity index (χ1) is 16.3. The number of ether oxygens (including phenoxy) is 2. The summed E-state index contributed by atoms with van der Waals surface area (Å²) in [7, 11) is 1.02. The molecule has 1 saturated heterocycles. The molecule has 1 aliphatic heterocycles. The van der Waals surface area contributed by atoms with Crippen molar-refractivity contribution in [3.05, 3.63) is 58.9 Å². The first kappa shape index (κ1) is 24.8. The average Bonchev–Trinajstić information content (AvgIpc) is 2.95. The molecule has 4 atom stereocenters. The number of benzene rings is 2. The molecule has 1 saturated carbocycles. The fraction of sp³-hybridized carbons (Fsp3) is 0.391. The Labute approximate surface area is 195 Å². The van der Waals surface area contributed by atoms with Gasteiger partial charge in [-0.15, -0.1) is 0 Å². The summed E-state index contributed by atoms with van der Waals surface area (Å²) < 4.78 is 95.2. The van der Waals surface area contributed by atoms with Crippen molar-refractivity contribution in [2.24, 2.45) is 11.1 Å². The van der Waals surface area contributed by atoms with E-state index < -0.39 is 76.2 Å². The predicted octanol–water partition coefficient (Wildman–Crippen LogP) is 4.43. The van der Waals surface area contributed by atoms with Gasteiger partial charge in [-0.25, -0.2) is 8.78 Å². The van der Waals surface area contributed by atoms with Crippen molar-refractivity contribution in [3.63, 3.8) is 0 Å². The summed E-state index contributed by atoms with van der Waals surface area (Å²) in [5, 5.41) is 2.31. The third-order valence-electron chi connectivity index (χ3n) is 7.07. The minimum absolute atomic E-state index is 0.0223. The van der Waals surface area contributed by atoms with Crippen molar-refractivity contribution < 1.29 is 45.4 Å². The Kier molecular flexibility index (Phi) is 5.78. The maximum absolute atomic E-state index is 14.5. The Bertz CT molecular complexity index is 1220. The van der Waals surface area contributed by atoms with E-state index in [4.69, 9.17) is 15.2 Å². The number of amides is 2. The van der Waals surface area contributed by atoms with E-state index in [1.54, 1.807) is 0 Å². The standard InChI is InChI=1S/C23H20F6N2O4/c1-21-7-8-22(21,23(27,28)29)35-18(15(21)11-4-6-14(25)16(26)17(11)34-2)20(33)31-10-3-5-13(24)12(9-10)19(30)32/h3-6,9,15,18H,7-8H2,1-2H3,(H2,30,32)(H,31,33)/t15-,18+,21+,22+/m0/s1. The van der Waals surface area contributed by atoms with Gasteiger partial charge in [0.1, 0.15) is 11.9 Å². The molecule has 6 nitrogen and oxygen atoms in total. The second-order valence-corrected chi connectivity index (χ2v) is 8.79. The molecule has 2 aromatic rings. The van der Waals surface area contributed by atoms with Gasteiger partial charge in [-0.3, -0.25) is 9.59 Å². The highest BCUT2D eigenvalue weighted by molar-refractivity contribution is 5.98. The highest BCUT2D eigenvalue weighted by Crippen LogP contribution is 2.71. The van der Waals surface area contributed by atoms with Crippen LogP contribution in [0, 0.1) is 22.9 Å². The first-order valence-corrected chi connectivity index (χ1v) is 10.4. The van der Waals surface area contributed by atoms with Gasteiger partial charge in [0.2, 0.25) is 5.82 Å². The second-order valence-electron chi connectivity index (χ2n) is 8.79. The summed E-state index contributed by atoms with van der Waals surface area (Å²) in [5.41, 5.74) is -0.184. The number of carbonyl (C=O) groups is 2. The zero-order valence-electron chi connectivity index (χ0n) is 18.4. The van der Waals surface area contributed by atoms with Gasteiger partial charge in [-0.2, -0.15) is 17.6 Å². The van der Waals surface area contributed by atoms with Crippen LogP contribution in [0.15, 0.2) is 30.3 Å². The molecule has 2 aliphatic rings. The molecule has 1 aliphatic carbocycles. The number of primary amides is 1. The van der Waals surface area contributed by atoms with Gasteiger partial charge in [0, 0.05) is 22.6 Å². The van der Waals surface area contributed by atoms with E-state index >= 15 is 0 Å². The number of alkyl halides is 3. The number of hydrogen-bond donors (Lipinski definition) is 2. The molecule has 35 heavy (non-hydrogen) atoms. The zero-order valence-corrected chi connectivity index (χ0v) is 18.4. The maximum atomic E-state index is 14.5. The van der Waals surface area contributed by atoms with Crippen LogP contribution >= 0.6 is 0 Å². The first-order valence-electron chi connectivity index (χ1n) is 10.4. The van der Waals surface area contributed by atoms with Crippen LogP contribution in [0.3, 0.4) is 0 Å². The molecule has 0 unspecified atom stereocenters. The summed E-state index contributed by atoms with van der Waals surface area (Å²) in [6.07, 6.45) is -7.16. The van der Waals surface area contributed by atoms with Gasteiger partial charge < -0.3 is 20.5 Å². The molecular weight excluding hydrogens is 482 g/mol. The van der Waals surface area contributed by atoms with Gasteiger partial charge >= 0.3 is 6.18 Å². The molecule has 2 aromatic carbocycles. The van der Waals surface area contributed by atoms with Crippen molar-refractivity contribution in [1.82, 2.24) is 0 Å². The normalized spacial score (nSPS) is 27.7. The molecule has 2 amide bonds. The predicted molar refractivity (Wildman–Crippen MR) is 110 cm³/mol. The van der Waals surface area contributed by atoms with E-state index in [1.165, 1.54) is 6.92 Å². The van der Waals surface area contributed by atoms with Crippen molar-refractivity contribution in [1.29, 1.82) is 0 Å². The number of hydrogen-bond acceptors (Lipinski definition) is 4. The number of anilines is 1. The second kappa shape index (κ2) is 8.14. The fourth-order valence-electron chi connectivity index (χ4n) is 5.21. The summed E-state index contributed by atoms with van der Waals surface area (Å²) in [6, 6.07) is 4.65. The summed E-state index contributed by atoms with van der Waals surface area (Å²) >= 11 is 0. The third-order valence-corrected chi connectivity index (χ3v) is 7.07. The van der Waals surface area contributed by atoms with E-state index in [0.717, 1.165) is 37.4 Å². The van der Waals surface area contributed by atoms with Gasteiger partial charge in [-0.05, 0) is 37.1 Å². The van der Waals surface area contributed by atoms with Crippen molar-refractivity contribution in [2.75, 3.05) is 12.4 Å². The molecule has 4 rings (SSSR count). The van der Waals surface area contributed by atoms with Gasteiger partial charge in [0.25, 0.3) is 11.8 Å². The largest absolute Gasteiger partial charge is 0.493 e. The number of methoxy groups -OCH3 is 1. The Morgan fingerprint density at radius 3 is 2.31 bits per heavy atom. The van der Waals surface area contributed by atoms with E-state index in [1.807, 2.05) is 0 Å². The topological polar surface area (TPSA) is 90.6 Å². The number of rotatable bonds is 5. The summed E-state index contributed by atoms with van der Waals surface area (Å²) in [4.78, 5) is 24.6. The van der Waals surface area contributed by atoms with Crippen LogP contribution in [0.2, 0.25) is 0 Å². The van der Waals surface area contributed by atoms with Crippen LogP contribution in [-0.4, -0.2) is 36.8 Å². The lowest BCUT2D eigenvalue weighted by Crippen LogP contribution is -2.63. The molecule has 1 heterocycles. The van der Waals surface area contributed by atoms with E-state index in [2.05, 4.69) is 5.32 Å². The smallest absolute Gasteiger partial charge is 0.418 e. The minimum atomic E-state index is -4.88. The lowest BCUT2D eigenvalue weighted by Gasteiger charge is -2.54. The number of nitrogens with two attached hydrogens (primary N) is 1. The number of fused-ring (bicyclic) bond motifs is 1. The van der Waals surface area contributed by atoms with Crippen LogP contribution in [0.25, 0.3) is 0 Å². The molecule has 0 spiro atoms. The molecule has 0 bridgehead atoms. The SMILES string of the molecule is COc1c([C@H]2[C@H](C(=O)Nc3ccc(F)c(C(N)=O)c3)O[C@]3(C(F)(F)F)CC[C@]23C)ccc(F)c1F. The van der Waals surface area contributed by atoms with Gasteiger partial charge in [-0.1, -0.05) is 13.0 Å². The minimum Gasteiger partial charge on any atom is -0.493 e. The van der Waals surface area contributed by atoms with E-state index in [0.29, 0.717) is 0 Å². The van der Waals surface area contributed by atoms with Crippen LogP contribution < -0.4 is 15.8 Å². The van der Waals surface area contributed by atoms with Gasteiger partial charge in [0.05, 0.1) is 12.7 Å². The molecule has 2 fully saturated rings. The Morgan fingerprint density at radius 1 is 1.11 bits per heavy atom. The number of carbonyl (C=O) groups excluding carboxylic acids is 2. The monoisotopic (exact) mass is 502 g/mol. The lowest BCUT2D eigenvalue weighted by molar-refractivity contribution is -0.328. The molecule has 12 heteroatoms. The van der Waals surface area contributed by atoms with E-state index in [9.17, 15) is 35.9 Å². The lowest BCUT2D eigenvalue weighted by atomic mass is 9.51.